The number of nitrogens with zero attached hydrogens (tertiary/aromatic N) is 1. The highest BCUT2D eigenvalue weighted by atomic mass is 19.4. The topological polar surface area (TPSA) is 119 Å². The minimum absolute atomic E-state index is 0.0212. The van der Waals surface area contributed by atoms with Gasteiger partial charge in [0.1, 0.15) is 0 Å². The summed E-state index contributed by atoms with van der Waals surface area (Å²) < 4.78 is 63.5. The first-order chi connectivity index (χ1) is 17.7. The Morgan fingerprint density at radius 1 is 0.789 bits per heavy atom. The smallest absolute Gasteiger partial charge is 0.475 e. The Balaban J connectivity index is 0.000000426. The maximum absolute atomic E-state index is 12.0. The maximum Gasteiger partial charge on any atom is 0.490 e. The van der Waals surface area contributed by atoms with Gasteiger partial charge in [-0.05, 0) is 43.6 Å². The van der Waals surface area contributed by atoms with Gasteiger partial charge in [0.25, 0.3) is 0 Å². The number of piperidine rings is 1. The van der Waals surface area contributed by atoms with Gasteiger partial charge in [0, 0.05) is 18.3 Å². The van der Waals surface area contributed by atoms with E-state index in [1.165, 1.54) is 5.56 Å². The predicted octanol–water partition coefficient (Wildman–Crippen LogP) is 4.15. The summed E-state index contributed by atoms with van der Waals surface area (Å²) in [7, 11) is 0. The number of aliphatic carboxylic acids is 2. The molecule has 2 aromatic rings. The van der Waals surface area contributed by atoms with Gasteiger partial charge >= 0.3 is 24.3 Å². The number of carbonyl (C=O) groups excluding carboxylic acids is 1. The minimum atomic E-state index is -5.08. The number of hydrogen-bond donors (Lipinski definition) is 4. The third kappa shape index (κ3) is 14.2. The number of amides is 1. The molecule has 0 radical (unpaired) electrons. The predicted molar refractivity (Wildman–Crippen MR) is 125 cm³/mol. The van der Waals surface area contributed by atoms with Crippen LogP contribution in [0, 0.1) is 0 Å². The lowest BCUT2D eigenvalue weighted by Crippen LogP contribution is -2.44. The van der Waals surface area contributed by atoms with Crippen molar-refractivity contribution in [3.63, 3.8) is 0 Å². The number of carboxylic acid groups (broad SMARTS) is 2. The first kappa shape index (κ1) is 32.4. The van der Waals surface area contributed by atoms with Crippen LogP contribution in [-0.4, -0.2) is 71.0 Å². The van der Waals surface area contributed by atoms with E-state index < -0.39 is 24.3 Å². The van der Waals surface area contributed by atoms with Crippen molar-refractivity contribution in [1.29, 1.82) is 0 Å². The number of benzene rings is 2. The summed E-state index contributed by atoms with van der Waals surface area (Å²) in [6.07, 6.45) is -7.99. The molecule has 0 aliphatic carbocycles. The first-order valence-corrected chi connectivity index (χ1v) is 11.1. The van der Waals surface area contributed by atoms with E-state index in [-0.39, 0.29) is 5.91 Å². The van der Waals surface area contributed by atoms with Gasteiger partial charge in [-0.25, -0.2) is 9.59 Å². The monoisotopic (exact) mass is 551 g/mol. The van der Waals surface area contributed by atoms with Crippen LogP contribution in [0.4, 0.5) is 32.0 Å². The van der Waals surface area contributed by atoms with Gasteiger partial charge in [-0.15, -0.1) is 0 Å². The molecule has 14 heteroatoms. The second kappa shape index (κ2) is 15.6. The van der Waals surface area contributed by atoms with Crippen molar-refractivity contribution in [3.8, 4) is 0 Å². The number of halogens is 6. The number of likely N-dealkylation sites (tertiary alicyclic amines) is 1. The molecular weight excluding hydrogens is 524 g/mol. The standard InChI is InChI=1S/C20H25N3O.2C2HF3O2/c24-20(22-19-9-5-2-6-10-19)15-21-18-11-13-23(14-12-18)16-17-7-3-1-4-8-17;2*3-2(4,5)1(6)7/h1-10,18,21H,11-16H2,(H,22,24);2*(H,6,7). The fourth-order valence-electron chi connectivity index (χ4n) is 3.10. The molecule has 4 N–H and O–H groups in total. The summed E-state index contributed by atoms with van der Waals surface area (Å²) in [5, 5.41) is 20.5. The van der Waals surface area contributed by atoms with Crippen LogP contribution < -0.4 is 10.6 Å². The number of carbonyl (C=O) groups is 3. The van der Waals surface area contributed by atoms with E-state index in [0.29, 0.717) is 12.6 Å². The molecule has 1 aliphatic rings. The molecule has 0 unspecified atom stereocenters. The second-order valence-corrected chi connectivity index (χ2v) is 7.94. The van der Waals surface area contributed by atoms with Gasteiger partial charge in [0.2, 0.25) is 5.91 Å². The molecule has 210 valence electrons. The summed E-state index contributed by atoms with van der Waals surface area (Å²) in [6, 6.07) is 20.6. The third-order valence-electron chi connectivity index (χ3n) is 4.93. The Kier molecular flexibility index (Phi) is 13.3. The van der Waals surface area contributed by atoms with Crippen molar-refractivity contribution in [1.82, 2.24) is 10.2 Å². The zero-order valence-electron chi connectivity index (χ0n) is 19.9. The van der Waals surface area contributed by atoms with Crippen LogP contribution in [0.2, 0.25) is 0 Å². The molecular formula is C24H27F6N3O5. The number of alkyl halides is 6. The summed E-state index contributed by atoms with van der Waals surface area (Å²) in [6.45, 7) is 3.54. The molecule has 1 heterocycles. The maximum atomic E-state index is 12.0. The summed E-state index contributed by atoms with van der Waals surface area (Å²) in [5.41, 5.74) is 2.22. The van der Waals surface area contributed by atoms with E-state index in [4.69, 9.17) is 19.8 Å². The van der Waals surface area contributed by atoms with E-state index in [0.717, 1.165) is 38.2 Å². The third-order valence-corrected chi connectivity index (χ3v) is 4.93. The molecule has 1 fully saturated rings. The van der Waals surface area contributed by atoms with Crippen molar-refractivity contribution in [3.05, 3.63) is 66.2 Å². The summed E-state index contributed by atoms with van der Waals surface area (Å²) in [4.78, 5) is 32.3. The lowest BCUT2D eigenvalue weighted by molar-refractivity contribution is -0.193. The van der Waals surface area contributed by atoms with Crippen molar-refractivity contribution >= 4 is 23.5 Å². The number of anilines is 1. The zero-order valence-corrected chi connectivity index (χ0v) is 19.9. The Morgan fingerprint density at radius 2 is 1.21 bits per heavy atom. The van der Waals surface area contributed by atoms with Gasteiger partial charge in [-0.3, -0.25) is 9.69 Å². The van der Waals surface area contributed by atoms with Gasteiger partial charge in [-0.2, -0.15) is 26.3 Å². The van der Waals surface area contributed by atoms with Crippen LogP contribution >= 0.6 is 0 Å². The van der Waals surface area contributed by atoms with Crippen LogP contribution in [0.15, 0.2) is 60.7 Å². The highest BCUT2D eigenvalue weighted by Gasteiger charge is 2.38. The molecule has 0 bridgehead atoms. The lowest BCUT2D eigenvalue weighted by atomic mass is 10.0. The molecule has 0 spiro atoms. The number of carboxylic acids is 2. The average molecular weight is 551 g/mol. The molecule has 2 aromatic carbocycles. The Labute approximate surface area is 214 Å². The van der Waals surface area contributed by atoms with Crippen LogP contribution in [0.1, 0.15) is 18.4 Å². The molecule has 1 aliphatic heterocycles. The lowest BCUT2D eigenvalue weighted by Gasteiger charge is -2.32. The number of rotatable bonds is 6. The Hall–Kier alpha value is -3.65. The molecule has 0 aromatic heterocycles. The molecule has 0 atom stereocenters. The average Bonchev–Trinajstić information content (AvgIpc) is 2.84. The largest absolute Gasteiger partial charge is 0.490 e. The molecule has 1 saturated heterocycles. The van der Waals surface area contributed by atoms with E-state index in [1.54, 1.807) is 0 Å². The summed E-state index contributed by atoms with van der Waals surface area (Å²) >= 11 is 0. The van der Waals surface area contributed by atoms with E-state index >= 15 is 0 Å². The number of nitrogens with one attached hydrogen (secondary N) is 2. The molecule has 38 heavy (non-hydrogen) atoms. The van der Waals surface area contributed by atoms with Crippen molar-refractivity contribution in [2.24, 2.45) is 0 Å². The second-order valence-electron chi connectivity index (χ2n) is 7.94. The van der Waals surface area contributed by atoms with Crippen LogP contribution in [-0.2, 0) is 20.9 Å². The van der Waals surface area contributed by atoms with E-state index in [2.05, 4.69) is 45.9 Å². The van der Waals surface area contributed by atoms with Gasteiger partial charge < -0.3 is 20.8 Å². The fraction of sp³-hybridized carbons (Fsp3) is 0.375. The van der Waals surface area contributed by atoms with Crippen molar-refractivity contribution in [2.75, 3.05) is 25.0 Å². The van der Waals surface area contributed by atoms with Gasteiger partial charge in [0.05, 0.1) is 6.54 Å². The Bertz CT molecular complexity index is 972. The van der Waals surface area contributed by atoms with Crippen LogP contribution in [0.3, 0.4) is 0 Å². The highest BCUT2D eigenvalue weighted by Crippen LogP contribution is 2.15. The summed E-state index contributed by atoms with van der Waals surface area (Å²) in [5.74, 6) is -5.49. The van der Waals surface area contributed by atoms with Crippen LogP contribution in [0.25, 0.3) is 0 Å². The SMILES string of the molecule is O=C(CNC1CCN(Cc2ccccc2)CC1)Nc1ccccc1.O=C(O)C(F)(F)F.O=C(O)C(F)(F)F. The van der Waals surface area contributed by atoms with E-state index in [9.17, 15) is 31.1 Å². The van der Waals surface area contributed by atoms with Gasteiger partial charge in [-0.1, -0.05) is 48.5 Å². The fourth-order valence-corrected chi connectivity index (χ4v) is 3.10. The molecule has 8 nitrogen and oxygen atoms in total. The number of hydrogen-bond acceptors (Lipinski definition) is 5. The van der Waals surface area contributed by atoms with Crippen LogP contribution in [0.5, 0.6) is 0 Å². The zero-order chi connectivity index (χ0) is 28.8. The van der Waals surface area contributed by atoms with Crippen molar-refractivity contribution < 1.29 is 50.9 Å². The van der Waals surface area contributed by atoms with Gasteiger partial charge in [0.15, 0.2) is 0 Å². The molecule has 3 rings (SSSR count). The number of para-hydroxylation sites is 1. The molecule has 1 amide bonds. The highest BCUT2D eigenvalue weighted by molar-refractivity contribution is 5.92. The minimum Gasteiger partial charge on any atom is -0.475 e. The normalized spacial score (nSPS) is 14.3. The first-order valence-electron chi connectivity index (χ1n) is 11.1. The van der Waals surface area contributed by atoms with Crippen molar-refractivity contribution in [2.45, 2.75) is 37.8 Å². The quantitative estimate of drug-likeness (QED) is 0.399. The Morgan fingerprint density at radius 3 is 1.63 bits per heavy atom. The molecule has 0 saturated carbocycles. The van der Waals surface area contributed by atoms with E-state index in [1.807, 2.05) is 30.3 Å².